The average molecular weight is 326 g/mol. The quantitative estimate of drug-likeness (QED) is 0.897. The normalized spacial score (nSPS) is 16.6. The molecule has 2 rings (SSSR count). The van der Waals surface area contributed by atoms with Gasteiger partial charge in [-0.3, -0.25) is 0 Å². The van der Waals surface area contributed by atoms with Crippen LogP contribution in [0.3, 0.4) is 0 Å². The minimum Gasteiger partial charge on any atom is -0.374 e. The van der Waals surface area contributed by atoms with Crippen LogP contribution in [0.15, 0.2) is 22.7 Å². The molecule has 0 saturated carbocycles. The van der Waals surface area contributed by atoms with E-state index in [1.165, 1.54) is 41.8 Å². The van der Waals surface area contributed by atoms with Crippen LogP contribution < -0.4 is 10.2 Å². The highest BCUT2D eigenvalue weighted by Gasteiger charge is 2.10. The van der Waals surface area contributed by atoms with Crippen molar-refractivity contribution in [3.63, 3.8) is 0 Å². The number of hydrogen-bond acceptors (Lipinski definition) is 3. The molecule has 0 radical (unpaired) electrons. The maximum absolute atomic E-state index is 3.66. The second kappa shape index (κ2) is 7.27. The van der Waals surface area contributed by atoms with Crippen molar-refractivity contribution >= 4 is 21.6 Å². The number of nitrogens with one attached hydrogen (secondary N) is 1. The van der Waals surface area contributed by atoms with Crippen LogP contribution >= 0.6 is 15.9 Å². The summed E-state index contributed by atoms with van der Waals surface area (Å²) in [5.74, 6) is 0. The van der Waals surface area contributed by atoms with E-state index in [1.54, 1.807) is 0 Å². The predicted molar refractivity (Wildman–Crippen MR) is 86.1 cm³/mol. The molecule has 1 saturated heterocycles. The summed E-state index contributed by atoms with van der Waals surface area (Å²) < 4.78 is 1.19. The van der Waals surface area contributed by atoms with Crippen LogP contribution in [0.2, 0.25) is 0 Å². The van der Waals surface area contributed by atoms with Gasteiger partial charge in [0, 0.05) is 44.2 Å². The molecule has 19 heavy (non-hydrogen) atoms. The van der Waals surface area contributed by atoms with Gasteiger partial charge >= 0.3 is 0 Å². The number of halogens is 1. The molecule has 0 atom stereocenters. The van der Waals surface area contributed by atoms with Crippen LogP contribution in [-0.4, -0.2) is 51.2 Å². The van der Waals surface area contributed by atoms with Gasteiger partial charge in [0.2, 0.25) is 0 Å². The highest BCUT2D eigenvalue weighted by Crippen LogP contribution is 2.26. The van der Waals surface area contributed by atoms with Gasteiger partial charge in [-0.05, 0) is 53.5 Å². The smallest absolute Gasteiger partial charge is 0.0508 e. The molecule has 0 unspecified atom stereocenters. The highest BCUT2D eigenvalue weighted by atomic mass is 79.9. The van der Waals surface area contributed by atoms with Gasteiger partial charge in [0.15, 0.2) is 0 Å². The zero-order valence-corrected chi connectivity index (χ0v) is 13.5. The Hall–Kier alpha value is -0.580. The molecule has 1 aliphatic heterocycles. The van der Waals surface area contributed by atoms with Crippen LogP contribution in [0.25, 0.3) is 0 Å². The topological polar surface area (TPSA) is 18.5 Å². The van der Waals surface area contributed by atoms with E-state index in [2.05, 4.69) is 63.2 Å². The largest absolute Gasteiger partial charge is 0.374 e. The fourth-order valence-corrected chi connectivity index (χ4v) is 3.30. The third-order valence-corrected chi connectivity index (χ3v) is 4.33. The monoisotopic (exact) mass is 325 g/mol. The third-order valence-electron chi connectivity index (χ3n) is 3.69. The van der Waals surface area contributed by atoms with Gasteiger partial charge in [-0.15, -0.1) is 0 Å². The first-order valence-electron chi connectivity index (χ1n) is 7.07. The molecule has 106 valence electrons. The fourth-order valence-electron chi connectivity index (χ4n) is 2.51. The lowest BCUT2D eigenvalue weighted by Crippen LogP contribution is -2.44. The summed E-state index contributed by atoms with van der Waals surface area (Å²) in [6, 6.07) is 6.55. The third kappa shape index (κ3) is 4.48. The van der Waals surface area contributed by atoms with Crippen LogP contribution in [0.1, 0.15) is 12.0 Å². The lowest BCUT2D eigenvalue weighted by molar-refractivity contribution is 0.239. The van der Waals surface area contributed by atoms with E-state index in [0.717, 1.165) is 19.6 Å². The Morgan fingerprint density at radius 2 is 2.05 bits per heavy atom. The molecular formula is C15H24BrN3. The lowest BCUT2D eigenvalue weighted by atomic mass is 10.2. The molecule has 4 heteroatoms. The van der Waals surface area contributed by atoms with Gasteiger partial charge in [-0.25, -0.2) is 0 Å². The molecule has 0 aromatic heterocycles. The van der Waals surface area contributed by atoms with Crippen LogP contribution in [-0.2, 0) is 0 Å². The molecule has 0 amide bonds. The minimum atomic E-state index is 1.10. The van der Waals surface area contributed by atoms with Crippen molar-refractivity contribution in [2.24, 2.45) is 0 Å². The molecule has 1 aromatic rings. The zero-order valence-electron chi connectivity index (χ0n) is 12.0. The van der Waals surface area contributed by atoms with Crippen molar-refractivity contribution in [2.75, 3.05) is 51.2 Å². The second-order valence-corrected chi connectivity index (χ2v) is 6.18. The summed E-state index contributed by atoms with van der Waals surface area (Å²) in [5.41, 5.74) is 2.58. The number of anilines is 1. The molecule has 1 heterocycles. The van der Waals surface area contributed by atoms with E-state index in [0.29, 0.717) is 0 Å². The Balaban J connectivity index is 1.78. The SMILES string of the molecule is Cc1ccc(N(C)CCCN2CCNCC2)c(Br)c1. The number of benzene rings is 1. The summed E-state index contributed by atoms with van der Waals surface area (Å²) in [6.45, 7) is 9.09. The van der Waals surface area contributed by atoms with Crippen molar-refractivity contribution in [3.05, 3.63) is 28.2 Å². The predicted octanol–water partition coefficient (Wildman–Crippen LogP) is 2.49. The molecule has 0 spiro atoms. The maximum atomic E-state index is 3.66. The first-order valence-corrected chi connectivity index (χ1v) is 7.86. The average Bonchev–Trinajstić information content (AvgIpc) is 2.39. The fraction of sp³-hybridized carbons (Fsp3) is 0.600. The Kier molecular flexibility index (Phi) is 5.67. The first-order chi connectivity index (χ1) is 9.16. The summed E-state index contributed by atoms with van der Waals surface area (Å²) in [6.07, 6.45) is 1.22. The van der Waals surface area contributed by atoms with E-state index < -0.39 is 0 Å². The van der Waals surface area contributed by atoms with Gasteiger partial charge in [-0.1, -0.05) is 6.07 Å². The van der Waals surface area contributed by atoms with Crippen LogP contribution in [0.4, 0.5) is 5.69 Å². The molecule has 1 aromatic carbocycles. The number of hydrogen-bond donors (Lipinski definition) is 1. The van der Waals surface area contributed by atoms with E-state index >= 15 is 0 Å². The van der Waals surface area contributed by atoms with Crippen molar-refractivity contribution in [2.45, 2.75) is 13.3 Å². The lowest BCUT2D eigenvalue weighted by Gasteiger charge is -2.28. The van der Waals surface area contributed by atoms with Gasteiger partial charge in [-0.2, -0.15) is 0 Å². The van der Waals surface area contributed by atoms with Crippen LogP contribution in [0, 0.1) is 6.92 Å². The highest BCUT2D eigenvalue weighted by molar-refractivity contribution is 9.10. The van der Waals surface area contributed by atoms with Crippen molar-refractivity contribution < 1.29 is 0 Å². The summed E-state index contributed by atoms with van der Waals surface area (Å²) >= 11 is 3.66. The van der Waals surface area contributed by atoms with E-state index in [1.807, 2.05) is 0 Å². The number of aryl methyl sites for hydroxylation is 1. The van der Waals surface area contributed by atoms with Crippen molar-refractivity contribution in [3.8, 4) is 0 Å². The molecule has 0 aliphatic carbocycles. The van der Waals surface area contributed by atoms with E-state index in [-0.39, 0.29) is 0 Å². The zero-order chi connectivity index (χ0) is 13.7. The molecular weight excluding hydrogens is 302 g/mol. The Morgan fingerprint density at radius 3 is 2.74 bits per heavy atom. The minimum absolute atomic E-state index is 1.10. The van der Waals surface area contributed by atoms with Crippen LogP contribution in [0.5, 0.6) is 0 Å². The summed E-state index contributed by atoms with van der Waals surface area (Å²) in [5, 5.41) is 3.39. The first kappa shape index (κ1) is 14.8. The Labute approximate surface area is 125 Å². The maximum Gasteiger partial charge on any atom is 0.0508 e. The summed E-state index contributed by atoms with van der Waals surface area (Å²) in [7, 11) is 2.17. The Bertz CT molecular complexity index is 402. The molecule has 1 N–H and O–H groups in total. The number of rotatable bonds is 5. The van der Waals surface area contributed by atoms with Gasteiger partial charge in [0.25, 0.3) is 0 Å². The standard InChI is InChI=1S/C15H24BrN3/c1-13-4-5-15(14(16)12-13)18(2)8-3-9-19-10-6-17-7-11-19/h4-5,12,17H,3,6-11H2,1-2H3. The van der Waals surface area contributed by atoms with Gasteiger partial charge < -0.3 is 15.1 Å². The van der Waals surface area contributed by atoms with Gasteiger partial charge in [0.1, 0.15) is 0 Å². The number of nitrogens with zero attached hydrogens (tertiary/aromatic N) is 2. The molecule has 1 aliphatic rings. The van der Waals surface area contributed by atoms with E-state index in [9.17, 15) is 0 Å². The van der Waals surface area contributed by atoms with Crippen molar-refractivity contribution in [1.29, 1.82) is 0 Å². The molecule has 3 nitrogen and oxygen atoms in total. The van der Waals surface area contributed by atoms with Crippen molar-refractivity contribution in [1.82, 2.24) is 10.2 Å². The summed E-state index contributed by atoms with van der Waals surface area (Å²) in [4.78, 5) is 4.89. The van der Waals surface area contributed by atoms with E-state index in [4.69, 9.17) is 0 Å². The molecule has 0 bridgehead atoms. The number of piperazine rings is 1. The Morgan fingerprint density at radius 1 is 1.32 bits per heavy atom. The second-order valence-electron chi connectivity index (χ2n) is 5.32. The van der Waals surface area contributed by atoms with Gasteiger partial charge in [0.05, 0.1) is 5.69 Å². The molecule has 1 fully saturated rings.